The van der Waals surface area contributed by atoms with Crippen molar-refractivity contribution in [3.8, 4) is 11.9 Å². The van der Waals surface area contributed by atoms with Crippen LogP contribution in [0.5, 0.6) is 0 Å². The van der Waals surface area contributed by atoms with Gasteiger partial charge in [-0.15, -0.1) is 0 Å². The fraction of sp³-hybridized carbons (Fsp3) is 0.600. The minimum Gasteiger partial charge on any atom is -0.219 e. The first-order valence-corrected chi connectivity index (χ1v) is 7.13. The van der Waals surface area contributed by atoms with E-state index in [1.165, 1.54) is 0 Å². The fourth-order valence-corrected chi connectivity index (χ4v) is 4.41. The van der Waals surface area contributed by atoms with Crippen molar-refractivity contribution in [2.75, 3.05) is 0 Å². The van der Waals surface area contributed by atoms with Gasteiger partial charge in [-0.05, 0) is 0 Å². The van der Waals surface area contributed by atoms with E-state index in [0.29, 0.717) is 11.9 Å². The van der Waals surface area contributed by atoms with Crippen LogP contribution in [0.1, 0.15) is 0 Å². The molecule has 0 unspecified atom stereocenters. The molecule has 0 aromatic heterocycles. The van der Waals surface area contributed by atoms with Crippen molar-refractivity contribution >= 4 is 26.4 Å². The Morgan fingerprint density at radius 2 is 1.05 bits per heavy atom. The van der Waals surface area contributed by atoms with Gasteiger partial charge in [0, 0.05) is 11.9 Å². The molecule has 0 aliphatic rings. The zero-order chi connectivity index (χ0) is 16.6. The van der Waals surface area contributed by atoms with Gasteiger partial charge in [0.15, 0.2) is 4.48 Å². The maximum Gasteiger partial charge on any atom is 0.498 e. The number of hydrogen-bond acceptors (Lipinski definition) is 6. The molecule has 0 saturated heterocycles. The van der Waals surface area contributed by atoms with Crippen LogP contribution >= 0.6 is 0 Å². The number of halogens is 6. The number of nitriles is 2. The maximum atomic E-state index is 12.2. The van der Waals surface area contributed by atoms with Crippen LogP contribution in [0.2, 0.25) is 0 Å². The van der Waals surface area contributed by atoms with E-state index in [-0.39, 0.29) is 0 Å². The van der Waals surface area contributed by atoms with Crippen LogP contribution in [-0.4, -0.2) is 39.0 Å². The Morgan fingerprint density at radius 3 is 1.20 bits per heavy atom. The van der Waals surface area contributed by atoms with Crippen molar-refractivity contribution in [1.82, 2.24) is 0 Å². The SMILES string of the molecule is N#CB(C#N)C(S(=O)(=O)C(F)(F)F)S(=O)(=O)C(F)(F)F. The molecular weight excluding hydrogens is 341 g/mol. The number of hydrogen-bond donors (Lipinski definition) is 0. The molecule has 15 heteroatoms. The van der Waals surface area contributed by atoms with E-state index in [2.05, 4.69) is 0 Å². The van der Waals surface area contributed by atoms with Crippen LogP contribution in [0.4, 0.5) is 26.3 Å². The Balaban J connectivity index is 6.53. The smallest absolute Gasteiger partial charge is 0.219 e. The lowest BCUT2D eigenvalue weighted by Gasteiger charge is -2.19. The highest BCUT2D eigenvalue weighted by Gasteiger charge is 2.66. The third-order valence-electron chi connectivity index (χ3n) is 1.81. The van der Waals surface area contributed by atoms with Crippen LogP contribution in [0.15, 0.2) is 0 Å². The normalized spacial score (nSPS) is 13.7. The molecule has 0 fully saturated rings. The van der Waals surface area contributed by atoms with E-state index < -0.39 is 41.9 Å². The van der Waals surface area contributed by atoms with E-state index >= 15 is 0 Å². The maximum absolute atomic E-state index is 12.2. The quantitative estimate of drug-likeness (QED) is 0.539. The predicted octanol–water partition coefficient (Wildman–Crippen LogP) is 0.341. The lowest BCUT2D eigenvalue weighted by Crippen LogP contribution is -2.52. The molecule has 0 saturated carbocycles. The molecule has 20 heavy (non-hydrogen) atoms. The molecule has 0 aromatic rings. The first kappa shape index (κ1) is 18.5. The molecule has 0 aromatic carbocycles. The topological polar surface area (TPSA) is 116 Å². The molecular formula is C5HBF6N2O4S2. The number of sulfone groups is 2. The molecule has 0 bridgehead atoms. The molecule has 0 spiro atoms. The van der Waals surface area contributed by atoms with E-state index in [4.69, 9.17) is 10.5 Å². The van der Waals surface area contributed by atoms with E-state index in [1.54, 1.807) is 0 Å². The molecule has 0 rings (SSSR count). The minimum atomic E-state index is -6.96. The molecule has 6 nitrogen and oxygen atoms in total. The van der Waals surface area contributed by atoms with Crippen LogP contribution in [0, 0.1) is 22.5 Å². The second kappa shape index (κ2) is 5.14. The fourth-order valence-electron chi connectivity index (χ4n) is 0.939. The van der Waals surface area contributed by atoms with E-state index in [0.717, 1.165) is 0 Å². The standard InChI is InChI=1S/C5HBF6N2O4S2/c7-4(8,9)19(15,16)3(6(1-13)2-14)20(17,18)5(10,11)12/h3H. The average molecular weight is 342 g/mol. The molecule has 0 heterocycles. The first-order chi connectivity index (χ1) is 8.64. The second-order valence-corrected chi connectivity index (χ2v) is 7.51. The number of rotatable bonds is 3. The zero-order valence-electron chi connectivity index (χ0n) is 8.77. The third kappa shape index (κ3) is 2.99. The highest BCUT2D eigenvalue weighted by Crippen LogP contribution is 2.37. The summed E-state index contributed by atoms with van der Waals surface area (Å²) in [4.78, 5) is 0. The molecule has 0 aliphatic carbocycles. The highest BCUT2D eigenvalue weighted by molar-refractivity contribution is 8.12. The summed E-state index contributed by atoms with van der Waals surface area (Å²) < 4.78 is 112. The Labute approximate surface area is 108 Å². The van der Waals surface area contributed by atoms with Crippen molar-refractivity contribution in [2.24, 2.45) is 0 Å². The molecule has 0 radical (unpaired) electrons. The zero-order valence-corrected chi connectivity index (χ0v) is 10.4. The minimum absolute atomic E-state index is 0.489. The second-order valence-electron chi connectivity index (χ2n) is 3.09. The first-order valence-electron chi connectivity index (χ1n) is 4.04. The predicted molar refractivity (Wildman–Crippen MR) is 50.7 cm³/mol. The van der Waals surface area contributed by atoms with Gasteiger partial charge in [-0.1, -0.05) is 0 Å². The lowest BCUT2D eigenvalue weighted by molar-refractivity contribution is -0.0462. The molecule has 0 atom stereocenters. The number of nitrogens with zero attached hydrogens (tertiary/aromatic N) is 2. The van der Waals surface area contributed by atoms with Gasteiger partial charge in [-0.3, -0.25) is 0 Å². The van der Waals surface area contributed by atoms with Gasteiger partial charge in [0.1, 0.15) is 0 Å². The lowest BCUT2D eigenvalue weighted by atomic mass is 9.55. The van der Waals surface area contributed by atoms with Crippen molar-refractivity contribution in [1.29, 1.82) is 10.5 Å². The largest absolute Gasteiger partial charge is 0.498 e. The Morgan fingerprint density at radius 1 is 0.800 bits per heavy atom. The summed E-state index contributed by atoms with van der Waals surface area (Å²) in [5.74, 6) is 0.978. The Bertz CT molecular complexity index is 608. The van der Waals surface area contributed by atoms with Crippen molar-refractivity contribution in [2.45, 2.75) is 15.5 Å². The van der Waals surface area contributed by atoms with E-state index in [9.17, 15) is 43.2 Å². The van der Waals surface area contributed by atoms with E-state index in [1.807, 2.05) is 0 Å². The molecule has 0 amide bonds. The molecule has 0 aliphatic heterocycles. The summed E-state index contributed by atoms with van der Waals surface area (Å²) in [6.45, 7) is -3.20. The van der Waals surface area contributed by atoms with Gasteiger partial charge in [0.05, 0.1) is 0 Å². The number of alkyl halides is 6. The summed E-state index contributed by atoms with van der Waals surface area (Å²) in [5, 5.41) is 16.4. The van der Waals surface area contributed by atoms with Crippen molar-refractivity contribution < 1.29 is 43.2 Å². The average Bonchev–Trinajstić information content (AvgIpc) is 2.21. The van der Waals surface area contributed by atoms with Crippen molar-refractivity contribution in [3.05, 3.63) is 0 Å². The van der Waals surface area contributed by atoms with Gasteiger partial charge in [0.25, 0.3) is 19.7 Å². The monoisotopic (exact) mass is 342 g/mol. The molecule has 112 valence electrons. The molecule has 0 N–H and O–H groups in total. The van der Waals surface area contributed by atoms with Gasteiger partial charge < -0.3 is 0 Å². The summed E-state index contributed by atoms with van der Waals surface area (Å²) in [6, 6.07) is 0. The van der Waals surface area contributed by atoms with Crippen LogP contribution in [0.25, 0.3) is 0 Å². The van der Waals surface area contributed by atoms with Gasteiger partial charge in [-0.25, -0.2) is 27.4 Å². The summed E-state index contributed by atoms with van der Waals surface area (Å²) in [6.07, 6.45) is 0. The van der Waals surface area contributed by atoms with Crippen LogP contribution in [0.3, 0.4) is 0 Å². The van der Waals surface area contributed by atoms with Crippen molar-refractivity contribution in [3.63, 3.8) is 0 Å². The summed E-state index contributed by atoms with van der Waals surface area (Å²) in [7, 11) is -13.9. The Kier molecular flexibility index (Phi) is 4.76. The summed E-state index contributed by atoms with van der Waals surface area (Å²) in [5.41, 5.74) is -12.8. The highest BCUT2D eigenvalue weighted by atomic mass is 32.3. The third-order valence-corrected chi connectivity index (χ3v) is 6.39. The van der Waals surface area contributed by atoms with Crippen LogP contribution < -0.4 is 0 Å². The summed E-state index contributed by atoms with van der Waals surface area (Å²) >= 11 is 0. The Hall–Kier alpha value is -1.48. The van der Waals surface area contributed by atoms with Gasteiger partial charge >= 0.3 is 17.7 Å². The van der Waals surface area contributed by atoms with Gasteiger partial charge in [-0.2, -0.15) is 26.3 Å². The van der Waals surface area contributed by atoms with Gasteiger partial charge in [0.2, 0.25) is 0 Å². The van der Waals surface area contributed by atoms with Crippen LogP contribution in [-0.2, 0) is 19.7 Å².